The van der Waals surface area contributed by atoms with Crippen LogP contribution in [0.3, 0.4) is 0 Å². The zero-order valence-corrected chi connectivity index (χ0v) is 16.7. The van der Waals surface area contributed by atoms with Gasteiger partial charge in [-0.25, -0.2) is 0 Å². The molecule has 24 heavy (non-hydrogen) atoms. The summed E-state index contributed by atoms with van der Waals surface area (Å²) in [6, 6.07) is 4.29. The van der Waals surface area contributed by atoms with Crippen LogP contribution in [0.25, 0.3) is 6.08 Å². The first-order valence-electron chi connectivity index (χ1n) is 9.70. The van der Waals surface area contributed by atoms with Crippen LogP contribution in [-0.2, 0) is 0 Å². The highest BCUT2D eigenvalue weighted by molar-refractivity contribution is 5.54. The van der Waals surface area contributed by atoms with Gasteiger partial charge in [0.1, 0.15) is 5.75 Å². The van der Waals surface area contributed by atoms with Gasteiger partial charge < -0.3 is 4.74 Å². The van der Waals surface area contributed by atoms with Gasteiger partial charge in [0, 0.05) is 0 Å². The molecule has 0 saturated carbocycles. The Morgan fingerprint density at radius 3 is 1.88 bits per heavy atom. The Balaban J connectivity index is 2.10. The van der Waals surface area contributed by atoms with E-state index in [-0.39, 0.29) is 0 Å². The number of ether oxygens (including phenoxy) is 1. The number of rotatable bonds is 11. The highest BCUT2D eigenvalue weighted by Crippen LogP contribution is 2.26. The third-order valence-electron chi connectivity index (χ3n) is 4.54. The molecule has 1 heteroatoms. The van der Waals surface area contributed by atoms with Crippen LogP contribution in [-0.4, -0.2) is 6.61 Å². The molecule has 0 aliphatic carbocycles. The molecule has 0 bridgehead atoms. The Morgan fingerprint density at radius 2 is 1.38 bits per heavy atom. The van der Waals surface area contributed by atoms with E-state index < -0.39 is 0 Å². The van der Waals surface area contributed by atoms with E-state index in [1.54, 1.807) is 0 Å². The molecule has 0 aliphatic heterocycles. The van der Waals surface area contributed by atoms with Gasteiger partial charge in [-0.3, -0.25) is 0 Å². The van der Waals surface area contributed by atoms with Gasteiger partial charge in [0.15, 0.2) is 0 Å². The smallest absolute Gasteiger partial charge is 0.125 e. The van der Waals surface area contributed by atoms with Gasteiger partial charge in [0.05, 0.1) is 6.61 Å². The van der Waals surface area contributed by atoms with E-state index in [0.29, 0.717) is 5.41 Å². The van der Waals surface area contributed by atoms with E-state index in [0.717, 1.165) is 18.8 Å². The van der Waals surface area contributed by atoms with E-state index in [1.807, 2.05) is 6.08 Å². The van der Waals surface area contributed by atoms with Gasteiger partial charge in [0.25, 0.3) is 0 Å². The first-order chi connectivity index (χ1) is 11.3. The minimum absolute atomic E-state index is 0.497. The van der Waals surface area contributed by atoms with Crippen molar-refractivity contribution in [3.05, 3.63) is 35.4 Å². The second kappa shape index (κ2) is 10.6. The van der Waals surface area contributed by atoms with Crippen molar-refractivity contribution < 1.29 is 4.74 Å². The minimum atomic E-state index is 0.497. The SMILES string of the molecule is C=Cc1cc(C)c(OCCCCCCCCCC(C)(C)C)c(C)c1. The van der Waals surface area contributed by atoms with Crippen molar-refractivity contribution in [3.8, 4) is 5.75 Å². The molecule has 1 aromatic rings. The zero-order valence-electron chi connectivity index (χ0n) is 16.7. The molecule has 0 heterocycles. The molecule has 1 rings (SSSR count). The normalized spacial score (nSPS) is 11.5. The molecule has 136 valence electrons. The predicted molar refractivity (Wildman–Crippen MR) is 108 cm³/mol. The second-order valence-corrected chi connectivity index (χ2v) is 8.32. The maximum atomic E-state index is 6.02. The summed E-state index contributed by atoms with van der Waals surface area (Å²) in [5.74, 6) is 1.06. The van der Waals surface area contributed by atoms with Crippen LogP contribution in [0, 0.1) is 19.3 Å². The fraction of sp³-hybridized carbons (Fsp3) is 0.652. The summed E-state index contributed by atoms with van der Waals surface area (Å²) in [6.45, 7) is 15.9. The van der Waals surface area contributed by atoms with E-state index >= 15 is 0 Å². The number of hydrogen-bond donors (Lipinski definition) is 0. The molecular formula is C23H38O. The van der Waals surface area contributed by atoms with Crippen LogP contribution in [0.5, 0.6) is 5.75 Å². The van der Waals surface area contributed by atoms with Crippen molar-refractivity contribution in [2.75, 3.05) is 6.61 Å². The van der Waals surface area contributed by atoms with Gasteiger partial charge >= 0.3 is 0 Å². The van der Waals surface area contributed by atoms with Gasteiger partial charge in [-0.05, 0) is 60.9 Å². The van der Waals surface area contributed by atoms with Crippen LogP contribution in [0.15, 0.2) is 18.7 Å². The molecule has 0 saturated heterocycles. The molecule has 0 aliphatic rings. The monoisotopic (exact) mass is 330 g/mol. The quantitative estimate of drug-likeness (QED) is 0.382. The van der Waals surface area contributed by atoms with E-state index in [4.69, 9.17) is 4.74 Å². The number of hydrogen-bond acceptors (Lipinski definition) is 1. The van der Waals surface area contributed by atoms with E-state index in [9.17, 15) is 0 Å². The average molecular weight is 331 g/mol. The van der Waals surface area contributed by atoms with Crippen LogP contribution in [0.1, 0.15) is 88.8 Å². The predicted octanol–water partition coefficient (Wildman–Crippen LogP) is 7.49. The largest absolute Gasteiger partial charge is 0.493 e. The van der Waals surface area contributed by atoms with Crippen molar-refractivity contribution in [3.63, 3.8) is 0 Å². The average Bonchev–Trinajstić information content (AvgIpc) is 2.49. The first kappa shape index (κ1) is 20.8. The summed E-state index contributed by atoms with van der Waals surface area (Å²) in [6.07, 6.45) is 12.6. The minimum Gasteiger partial charge on any atom is -0.493 e. The molecule has 0 radical (unpaired) electrons. The lowest BCUT2D eigenvalue weighted by Crippen LogP contribution is -2.03. The summed E-state index contributed by atoms with van der Waals surface area (Å²) < 4.78 is 6.02. The molecule has 0 spiro atoms. The zero-order chi connectivity index (χ0) is 18.0. The maximum absolute atomic E-state index is 6.02. The van der Waals surface area contributed by atoms with Crippen molar-refractivity contribution in [2.24, 2.45) is 5.41 Å². The number of benzene rings is 1. The maximum Gasteiger partial charge on any atom is 0.125 e. The Morgan fingerprint density at radius 1 is 0.875 bits per heavy atom. The van der Waals surface area contributed by atoms with Crippen LogP contribution < -0.4 is 4.74 Å². The molecule has 0 aromatic heterocycles. The molecule has 1 nitrogen and oxygen atoms in total. The molecule has 0 amide bonds. The fourth-order valence-electron chi connectivity index (χ4n) is 3.14. The Labute approximate surface area is 150 Å². The van der Waals surface area contributed by atoms with E-state index in [2.05, 4.69) is 53.3 Å². The highest BCUT2D eigenvalue weighted by Gasteiger charge is 2.08. The summed E-state index contributed by atoms with van der Waals surface area (Å²) in [7, 11) is 0. The van der Waals surface area contributed by atoms with Crippen LogP contribution >= 0.6 is 0 Å². The lowest BCUT2D eigenvalue weighted by atomic mass is 9.89. The van der Waals surface area contributed by atoms with Gasteiger partial charge in [0.2, 0.25) is 0 Å². The Bertz CT molecular complexity index is 470. The van der Waals surface area contributed by atoms with Crippen LogP contribution in [0.4, 0.5) is 0 Å². The topological polar surface area (TPSA) is 9.23 Å². The van der Waals surface area contributed by atoms with Crippen LogP contribution in [0.2, 0.25) is 0 Å². The molecule has 0 N–H and O–H groups in total. The van der Waals surface area contributed by atoms with E-state index in [1.165, 1.54) is 61.6 Å². The summed E-state index contributed by atoms with van der Waals surface area (Å²) in [5, 5.41) is 0. The Hall–Kier alpha value is -1.24. The lowest BCUT2D eigenvalue weighted by molar-refractivity contribution is 0.300. The molecule has 1 aromatic carbocycles. The number of aryl methyl sites for hydroxylation is 2. The summed E-state index contributed by atoms with van der Waals surface area (Å²) in [4.78, 5) is 0. The Kier molecular flexibility index (Phi) is 9.18. The van der Waals surface area contributed by atoms with Crippen molar-refractivity contribution >= 4 is 6.08 Å². The first-order valence-corrected chi connectivity index (χ1v) is 9.70. The molecule has 0 unspecified atom stereocenters. The second-order valence-electron chi connectivity index (χ2n) is 8.32. The van der Waals surface area contributed by atoms with Gasteiger partial charge in [-0.2, -0.15) is 0 Å². The third kappa shape index (κ3) is 8.57. The van der Waals surface area contributed by atoms with Gasteiger partial charge in [-0.1, -0.05) is 72.0 Å². The van der Waals surface area contributed by atoms with Crippen molar-refractivity contribution in [1.82, 2.24) is 0 Å². The highest BCUT2D eigenvalue weighted by atomic mass is 16.5. The fourth-order valence-corrected chi connectivity index (χ4v) is 3.14. The summed E-state index contributed by atoms with van der Waals surface area (Å²) in [5.41, 5.74) is 4.09. The lowest BCUT2D eigenvalue weighted by Gasteiger charge is -2.17. The van der Waals surface area contributed by atoms with Crippen molar-refractivity contribution in [2.45, 2.75) is 86.0 Å². The number of unbranched alkanes of at least 4 members (excludes halogenated alkanes) is 6. The van der Waals surface area contributed by atoms with Crippen molar-refractivity contribution in [1.29, 1.82) is 0 Å². The molecule has 0 atom stereocenters. The van der Waals surface area contributed by atoms with Gasteiger partial charge in [-0.15, -0.1) is 0 Å². The molecular weight excluding hydrogens is 292 g/mol. The standard InChI is InChI=1S/C23H38O/c1-7-21-17-19(2)22(20(3)18-21)24-16-14-12-10-8-9-11-13-15-23(4,5)6/h7,17-18H,1,8-16H2,2-6H3. The third-order valence-corrected chi connectivity index (χ3v) is 4.54. The summed E-state index contributed by atoms with van der Waals surface area (Å²) >= 11 is 0. The molecule has 0 fully saturated rings.